The summed E-state index contributed by atoms with van der Waals surface area (Å²) < 4.78 is 31.0. The number of halogens is 2. The average Bonchev–Trinajstić information content (AvgIpc) is 2.62. The van der Waals surface area contributed by atoms with Gasteiger partial charge in [-0.15, -0.1) is 0 Å². The van der Waals surface area contributed by atoms with E-state index in [2.05, 4.69) is 0 Å². The van der Waals surface area contributed by atoms with Crippen LogP contribution in [0.2, 0.25) is 0 Å². The van der Waals surface area contributed by atoms with Crippen LogP contribution in [0.5, 0.6) is 0 Å². The van der Waals surface area contributed by atoms with Gasteiger partial charge in [-0.05, 0) is 23.6 Å². The van der Waals surface area contributed by atoms with Crippen LogP contribution in [0.25, 0.3) is 0 Å². The van der Waals surface area contributed by atoms with Crippen molar-refractivity contribution in [3.05, 3.63) is 29.3 Å². The molecule has 0 bridgehead atoms. The van der Waals surface area contributed by atoms with E-state index in [-0.39, 0.29) is 0 Å². The first-order valence-corrected chi connectivity index (χ1v) is 6.63. The van der Waals surface area contributed by atoms with Gasteiger partial charge in [0.15, 0.2) is 0 Å². The fourth-order valence-corrected chi connectivity index (χ4v) is 2.89. The van der Waals surface area contributed by atoms with Crippen LogP contribution in [0.3, 0.4) is 0 Å². The Kier molecular flexibility index (Phi) is 3.12. The Morgan fingerprint density at radius 3 is 2.95 bits per heavy atom. The van der Waals surface area contributed by atoms with Gasteiger partial charge in [0.25, 0.3) is 0 Å². The molecule has 1 aromatic carbocycles. The fourth-order valence-electron chi connectivity index (χ4n) is 2.89. The van der Waals surface area contributed by atoms with Crippen molar-refractivity contribution < 1.29 is 18.3 Å². The Bertz CT molecular complexity index is 548. The highest BCUT2D eigenvalue weighted by Gasteiger charge is 2.51. The molecule has 1 fully saturated rings. The van der Waals surface area contributed by atoms with Crippen LogP contribution < -0.4 is 5.73 Å². The number of benzene rings is 1. The Morgan fingerprint density at radius 2 is 2.25 bits per heavy atom. The number of hydrogen-bond acceptors (Lipinski definition) is 4. The molecule has 6 heteroatoms. The molecule has 0 aliphatic carbocycles. The van der Waals surface area contributed by atoms with E-state index in [0.717, 1.165) is 29.8 Å². The van der Waals surface area contributed by atoms with Crippen LogP contribution >= 0.6 is 0 Å². The number of carbonyl (C=O) groups is 1. The molecule has 2 aliphatic rings. The Morgan fingerprint density at radius 1 is 1.45 bits per heavy atom. The predicted molar refractivity (Wildman–Crippen MR) is 69.3 cm³/mol. The van der Waals surface area contributed by atoms with Crippen LogP contribution in [0.4, 0.5) is 14.5 Å². The van der Waals surface area contributed by atoms with Gasteiger partial charge in [0.05, 0.1) is 6.42 Å². The summed E-state index contributed by atoms with van der Waals surface area (Å²) in [6.07, 6.45) is -0.453. The van der Waals surface area contributed by atoms with Crippen molar-refractivity contribution in [1.82, 2.24) is 4.90 Å². The molecule has 2 heterocycles. The van der Waals surface area contributed by atoms with E-state index in [9.17, 15) is 13.6 Å². The quantitative estimate of drug-likeness (QED) is 0.661. The molecule has 3 rings (SSSR count). The molecule has 0 spiro atoms. The number of rotatable bonds is 2. The zero-order valence-corrected chi connectivity index (χ0v) is 10.9. The first-order valence-electron chi connectivity index (χ1n) is 6.63. The summed E-state index contributed by atoms with van der Waals surface area (Å²) in [5.74, 6) is -4.73. The van der Waals surface area contributed by atoms with Gasteiger partial charge >= 0.3 is 11.9 Å². The van der Waals surface area contributed by atoms with Gasteiger partial charge in [0.1, 0.15) is 6.10 Å². The third-order valence-electron chi connectivity index (χ3n) is 3.90. The molecule has 108 valence electrons. The maximum atomic E-state index is 13.1. The van der Waals surface area contributed by atoms with Crippen molar-refractivity contribution in [1.29, 1.82) is 0 Å². The first-order chi connectivity index (χ1) is 9.45. The highest BCUT2D eigenvalue weighted by atomic mass is 19.3. The maximum absolute atomic E-state index is 13.1. The normalized spacial score (nSPS) is 25.3. The van der Waals surface area contributed by atoms with E-state index in [1.54, 1.807) is 0 Å². The molecule has 2 N–H and O–H groups in total. The van der Waals surface area contributed by atoms with Crippen LogP contribution in [0, 0.1) is 0 Å². The van der Waals surface area contributed by atoms with E-state index in [4.69, 9.17) is 10.5 Å². The number of ether oxygens (including phenoxy) is 1. The number of nitrogens with two attached hydrogens (primary N) is 1. The molecule has 1 atom stereocenters. The largest absolute Gasteiger partial charge is 0.456 e. The van der Waals surface area contributed by atoms with Crippen LogP contribution in [-0.2, 0) is 22.5 Å². The van der Waals surface area contributed by atoms with Gasteiger partial charge in [-0.25, -0.2) is 4.79 Å². The monoisotopic (exact) mass is 282 g/mol. The summed E-state index contributed by atoms with van der Waals surface area (Å²) in [5.41, 5.74) is 8.95. The van der Waals surface area contributed by atoms with E-state index in [0.29, 0.717) is 13.1 Å². The van der Waals surface area contributed by atoms with E-state index < -0.39 is 24.4 Å². The third kappa shape index (κ3) is 2.35. The number of nitrogens with zero attached hydrogens (tertiary/aromatic N) is 1. The zero-order chi connectivity index (χ0) is 14.3. The molecule has 0 aromatic heterocycles. The van der Waals surface area contributed by atoms with Crippen molar-refractivity contribution in [3.8, 4) is 0 Å². The second kappa shape index (κ2) is 4.70. The number of esters is 1. The molecule has 0 saturated carbocycles. The minimum Gasteiger partial charge on any atom is -0.456 e. The van der Waals surface area contributed by atoms with Gasteiger partial charge < -0.3 is 10.5 Å². The topological polar surface area (TPSA) is 55.6 Å². The summed E-state index contributed by atoms with van der Waals surface area (Å²) in [4.78, 5) is 13.0. The summed E-state index contributed by atoms with van der Waals surface area (Å²) in [6.45, 7) is 1.73. The average molecular weight is 282 g/mol. The highest BCUT2D eigenvalue weighted by Crippen LogP contribution is 2.32. The molecule has 4 nitrogen and oxygen atoms in total. The molecule has 1 unspecified atom stereocenters. The summed E-state index contributed by atoms with van der Waals surface area (Å²) >= 11 is 0. The van der Waals surface area contributed by atoms with Crippen molar-refractivity contribution in [2.24, 2.45) is 0 Å². The molecule has 0 amide bonds. The minimum atomic E-state index is -3.33. The number of nitrogen functional groups attached to an aromatic ring is 1. The zero-order valence-electron chi connectivity index (χ0n) is 10.9. The fraction of sp³-hybridized carbons (Fsp3) is 0.500. The third-order valence-corrected chi connectivity index (χ3v) is 3.90. The molecular weight excluding hydrogens is 266 g/mol. The molecule has 0 radical (unpaired) electrons. The Labute approximate surface area is 115 Å². The minimum absolute atomic E-state index is 0.343. The van der Waals surface area contributed by atoms with Crippen molar-refractivity contribution in [3.63, 3.8) is 0 Å². The number of fused-ring (bicyclic) bond motifs is 1. The number of carbonyl (C=O) groups excluding carboxylic acids is 1. The SMILES string of the molecule is Nc1cccc2c1CCN(CC1CC(F)(F)C(=O)O1)C2. The van der Waals surface area contributed by atoms with E-state index in [1.165, 1.54) is 0 Å². The lowest BCUT2D eigenvalue weighted by Gasteiger charge is -2.30. The molecule has 20 heavy (non-hydrogen) atoms. The summed E-state index contributed by atoms with van der Waals surface area (Å²) in [6, 6.07) is 5.75. The van der Waals surface area contributed by atoms with Crippen LogP contribution in [0.1, 0.15) is 17.5 Å². The number of cyclic esters (lactones) is 1. The van der Waals surface area contributed by atoms with Gasteiger partial charge in [0, 0.05) is 25.3 Å². The van der Waals surface area contributed by atoms with Crippen LogP contribution in [0.15, 0.2) is 18.2 Å². The highest BCUT2D eigenvalue weighted by molar-refractivity contribution is 5.79. The van der Waals surface area contributed by atoms with Gasteiger partial charge in [-0.2, -0.15) is 8.78 Å². The maximum Gasteiger partial charge on any atom is 0.377 e. The molecule has 1 aromatic rings. The van der Waals surface area contributed by atoms with Crippen molar-refractivity contribution >= 4 is 11.7 Å². The smallest absolute Gasteiger partial charge is 0.377 e. The second-order valence-electron chi connectivity index (χ2n) is 5.41. The van der Waals surface area contributed by atoms with Gasteiger partial charge in [-0.3, -0.25) is 4.90 Å². The Balaban J connectivity index is 1.66. The first kappa shape index (κ1) is 13.3. The van der Waals surface area contributed by atoms with Gasteiger partial charge in [-0.1, -0.05) is 12.1 Å². The lowest BCUT2D eigenvalue weighted by atomic mass is 9.97. The number of anilines is 1. The number of hydrogen-bond donors (Lipinski definition) is 1. The van der Waals surface area contributed by atoms with Crippen LogP contribution in [-0.4, -0.2) is 36.0 Å². The number of alkyl halides is 2. The molecule has 2 aliphatic heterocycles. The molecular formula is C14H16F2N2O2. The second-order valence-corrected chi connectivity index (χ2v) is 5.41. The molecule has 1 saturated heterocycles. The summed E-state index contributed by atoms with van der Waals surface area (Å²) in [5, 5.41) is 0. The Hall–Kier alpha value is -1.69. The lowest BCUT2D eigenvalue weighted by Crippen LogP contribution is -2.37. The van der Waals surface area contributed by atoms with Crippen molar-refractivity contribution in [2.75, 3.05) is 18.8 Å². The standard InChI is InChI=1S/C14H16F2N2O2/c15-14(16)6-10(20-13(14)19)8-18-5-4-11-9(7-18)2-1-3-12(11)17/h1-3,10H,4-8,17H2. The van der Waals surface area contributed by atoms with E-state index >= 15 is 0 Å². The summed E-state index contributed by atoms with van der Waals surface area (Å²) in [7, 11) is 0. The predicted octanol–water partition coefficient (Wildman–Crippen LogP) is 1.58. The lowest BCUT2D eigenvalue weighted by molar-refractivity contribution is -0.159. The van der Waals surface area contributed by atoms with Gasteiger partial charge in [0.2, 0.25) is 0 Å². The van der Waals surface area contributed by atoms with E-state index in [1.807, 2.05) is 23.1 Å². The van der Waals surface area contributed by atoms with Crippen molar-refractivity contribution in [2.45, 2.75) is 31.4 Å².